The first-order valence-electron chi connectivity index (χ1n) is 7.55. The number of methoxy groups -OCH3 is 1. The van der Waals surface area contributed by atoms with Crippen molar-refractivity contribution >= 4 is 11.5 Å². The van der Waals surface area contributed by atoms with Crippen molar-refractivity contribution in [3.8, 4) is 0 Å². The van der Waals surface area contributed by atoms with E-state index in [2.05, 4.69) is 38.1 Å². The summed E-state index contributed by atoms with van der Waals surface area (Å²) in [5, 5.41) is 4.32. The van der Waals surface area contributed by atoms with Crippen molar-refractivity contribution in [3.05, 3.63) is 34.4 Å². The van der Waals surface area contributed by atoms with Crippen LogP contribution < -0.4 is 0 Å². The molecule has 0 amide bonds. The Morgan fingerprint density at radius 3 is 2.59 bits per heavy atom. The minimum atomic E-state index is -0.947. The molecule has 2 fully saturated rings. The standard InChI is InChI=1S/C17H19NO4/c1-8-5-9(2)13(10(3)6-8)15-14-16-11(19)7-12(21-16)17(14,20-4)22-18-15/h5-6,12,14,16H,7H2,1-4H3/t12-,14-,16+,17+/m0/s1. The third kappa shape index (κ3) is 1.55. The number of hydrogen-bond acceptors (Lipinski definition) is 5. The van der Waals surface area contributed by atoms with Gasteiger partial charge < -0.3 is 14.3 Å². The van der Waals surface area contributed by atoms with E-state index in [-0.39, 0.29) is 17.8 Å². The highest BCUT2D eigenvalue weighted by molar-refractivity contribution is 6.09. The first kappa shape index (κ1) is 13.9. The predicted octanol–water partition coefficient (Wildman–Crippen LogP) is 2.05. The molecule has 2 saturated heterocycles. The summed E-state index contributed by atoms with van der Waals surface area (Å²) in [6.45, 7) is 6.18. The van der Waals surface area contributed by atoms with E-state index in [0.29, 0.717) is 6.42 Å². The molecule has 1 aromatic carbocycles. The van der Waals surface area contributed by atoms with Crippen molar-refractivity contribution < 1.29 is 19.1 Å². The number of carbonyl (C=O) groups is 1. The minimum Gasteiger partial charge on any atom is -0.359 e. The Kier molecular flexibility index (Phi) is 2.78. The number of benzene rings is 1. The van der Waals surface area contributed by atoms with Gasteiger partial charge in [0.1, 0.15) is 23.8 Å². The molecule has 5 nitrogen and oxygen atoms in total. The molecule has 4 atom stereocenters. The highest BCUT2D eigenvalue weighted by Gasteiger charge is 2.71. The maximum Gasteiger partial charge on any atom is 0.275 e. The Hall–Kier alpha value is -1.72. The molecule has 1 aromatic rings. The van der Waals surface area contributed by atoms with Crippen molar-refractivity contribution in [2.75, 3.05) is 7.11 Å². The third-order valence-corrected chi connectivity index (χ3v) is 5.03. The fraction of sp³-hybridized carbons (Fsp3) is 0.529. The molecule has 5 heteroatoms. The van der Waals surface area contributed by atoms with Crippen LogP contribution in [0.5, 0.6) is 0 Å². The number of rotatable bonds is 2. The molecule has 4 rings (SSSR count). The largest absolute Gasteiger partial charge is 0.359 e. The van der Waals surface area contributed by atoms with Gasteiger partial charge in [-0.05, 0) is 31.9 Å². The molecule has 0 saturated carbocycles. The lowest BCUT2D eigenvalue weighted by Crippen LogP contribution is -2.52. The number of Topliss-reactive ketones (excluding diaryl/α,β-unsaturated/α-hetero) is 1. The average Bonchev–Trinajstić information content (AvgIpc) is 3.07. The summed E-state index contributed by atoms with van der Waals surface area (Å²) in [6.07, 6.45) is -0.539. The second-order valence-corrected chi connectivity index (χ2v) is 6.46. The van der Waals surface area contributed by atoms with Gasteiger partial charge in [-0.2, -0.15) is 0 Å². The zero-order valence-corrected chi connectivity index (χ0v) is 13.2. The van der Waals surface area contributed by atoms with Crippen LogP contribution >= 0.6 is 0 Å². The van der Waals surface area contributed by atoms with Crippen molar-refractivity contribution in [3.63, 3.8) is 0 Å². The second-order valence-electron chi connectivity index (χ2n) is 6.46. The normalized spacial score (nSPS) is 35.5. The number of ether oxygens (including phenoxy) is 2. The topological polar surface area (TPSA) is 57.1 Å². The monoisotopic (exact) mass is 301 g/mol. The molecule has 0 N–H and O–H groups in total. The lowest BCUT2D eigenvalue weighted by molar-refractivity contribution is -0.244. The van der Waals surface area contributed by atoms with E-state index < -0.39 is 11.9 Å². The Bertz CT molecular complexity index is 688. The first-order chi connectivity index (χ1) is 10.5. The minimum absolute atomic E-state index is 0.114. The number of hydrogen-bond donors (Lipinski definition) is 0. The van der Waals surface area contributed by atoms with Gasteiger partial charge in [-0.1, -0.05) is 22.9 Å². The van der Waals surface area contributed by atoms with Gasteiger partial charge in [0.15, 0.2) is 5.78 Å². The molecule has 0 spiro atoms. The fourth-order valence-electron chi connectivity index (χ4n) is 4.22. The van der Waals surface area contributed by atoms with Gasteiger partial charge in [0.05, 0.1) is 0 Å². The van der Waals surface area contributed by atoms with Gasteiger partial charge in [0.25, 0.3) is 5.79 Å². The van der Waals surface area contributed by atoms with Crippen LogP contribution in [-0.2, 0) is 19.1 Å². The van der Waals surface area contributed by atoms with E-state index in [4.69, 9.17) is 14.3 Å². The van der Waals surface area contributed by atoms with Crippen LogP contribution in [0.2, 0.25) is 0 Å². The quantitative estimate of drug-likeness (QED) is 0.839. The van der Waals surface area contributed by atoms with E-state index in [1.165, 1.54) is 5.56 Å². The molecule has 2 bridgehead atoms. The smallest absolute Gasteiger partial charge is 0.275 e. The van der Waals surface area contributed by atoms with Crippen LogP contribution in [0, 0.1) is 26.7 Å². The number of ketones is 1. The average molecular weight is 301 g/mol. The number of carbonyl (C=O) groups excluding carboxylic acids is 1. The lowest BCUT2D eigenvalue weighted by Gasteiger charge is -2.31. The van der Waals surface area contributed by atoms with Gasteiger partial charge >= 0.3 is 0 Å². The molecule has 116 valence electrons. The number of nitrogens with zero attached hydrogens (tertiary/aromatic N) is 1. The molecule has 3 aliphatic heterocycles. The predicted molar refractivity (Wildman–Crippen MR) is 79.8 cm³/mol. The molecule has 0 aliphatic carbocycles. The number of aryl methyl sites for hydroxylation is 3. The number of fused-ring (bicyclic) bond motifs is 5. The molecule has 3 aliphatic rings. The van der Waals surface area contributed by atoms with Gasteiger partial charge in [-0.25, -0.2) is 0 Å². The van der Waals surface area contributed by atoms with Crippen LogP contribution in [0.4, 0.5) is 0 Å². The van der Waals surface area contributed by atoms with E-state index >= 15 is 0 Å². The van der Waals surface area contributed by atoms with Crippen LogP contribution in [0.3, 0.4) is 0 Å². The molecule has 0 radical (unpaired) electrons. The summed E-state index contributed by atoms with van der Waals surface area (Å²) in [6, 6.07) is 4.24. The van der Waals surface area contributed by atoms with Crippen LogP contribution in [0.1, 0.15) is 28.7 Å². The summed E-state index contributed by atoms with van der Waals surface area (Å²) in [7, 11) is 1.59. The Morgan fingerprint density at radius 2 is 1.95 bits per heavy atom. The summed E-state index contributed by atoms with van der Waals surface area (Å²) >= 11 is 0. The van der Waals surface area contributed by atoms with E-state index in [9.17, 15) is 4.79 Å². The Labute approximate surface area is 129 Å². The SMILES string of the molecule is CO[C@]12ON=C(c3c(C)cc(C)cc3C)[C@H]1[C@@H]1O[C@H]2CC1=O. The molecular formula is C17H19NO4. The fourth-order valence-corrected chi connectivity index (χ4v) is 4.22. The zero-order chi connectivity index (χ0) is 15.6. The lowest BCUT2D eigenvalue weighted by atomic mass is 9.76. The van der Waals surface area contributed by atoms with Crippen LogP contribution in [0.25, 0.3) is 0 Å². The first-order valence-corrected chi connectivity index (χ1v) is 7.55. The van der Waals surface area contributed by atoms with Crippen molar-refractivity contribution in [1.82, 2.24) is 0 Å². The Morgan fingerprint density at radius 1 is 1.27 bits per heavy atom. The maximum absolute atomic E-state index is 12.1. The molecule has 3 heterocycles. The second kappa shape index (κ2) is 4.40. The number of oxime groups is 1. The Balaban J connectivity index is 1.84. The van der Waals surface area contributed by atoms with Gasteiger partial charge in [0, 0.05) is 19.1 Å². The van der Waals surface area contributed by atoms with E-state index in [1.54, 1.807) is 7.11 Å². The highest BCUT2D eigenvalue weighted by Crippen LogP contribution is 2.52. The van der Waals surface area contributed by atoms with Crippen LogP contribution in [-0.4, -0.2) is 36.6 Å². The third-order valence-electron chi connectivity index (χ3n) is 5.03. The summed E-state index contributed by atoms with van der Waals surface area (Å²) in [4.78, 5) is 17.8. The highest BCUT2D eigenvalue weighted by atomic mass is 16.8. The summed E-state index contributed by atoms with van der Waals surface area (Å²) in [5.41, 5.74) is 5.27. The van der Waals surface area contributed by atoms with Crippen molar-refractivity contribution in [2.45, 2.75) is 45.2 Å². The van der Waals surface area contributed by atoms with Gasteiger partial charge in [0.2, 0.25) is 0 Å². The zero-order valence-electron chi connectivity index (χ0n) is 13.2. The summed E-state index contributed by atoms with van der Waals surface area (Å²) in [5.74, 6) is -1.12. The van der Waals surface area contributed by atoms with Crippen LogP contribution in [0.15, 0.2) is 17.3 Å². The molecule has 22 heavy (non-hydrogen) atoms. The van der Waals surface area contributed by atoms with Crippen molar-refractivity contribution in [2.24, 2.45) is 11.1 Å². The molecular weight excluding hydrogens is 282 g/mol. The van der Waals surface area contributed by atoms with Crippen molar-refractivity contribution in [1.29, 1.82) is 0 Å². The molecule has 0 unspecified atom stereocenters. The van der Waals surface area contributed by atoms with E-state index in [0.717, 1.165) is 22.4 Å². The molecule has 0 aromatic heterocycles. The van der Waals surface area contributed by atoms with E-state index in [1.807, 2.05) is 0 Å². The maximum atomic E-state index is 12.1. The van der Waals surface area contributed by atoms with Gasteiger partial charge in [-0.3, -0.25) is 4.79 Å². The van der Waals surface area contributed by atoms with Gasteiger partial charge in [-0.15, -0.1) is 0 Å². The summed E-state index contributed by atoms with van der Waals surface area (Å²) < 4.78 is 11.5.